The van der Waals surface area contributed by atoms with Crippen LogP contribution in [0.3, 0.4) is 0 Å². The summed E-state index contributed by atoms with van der Waals surface area (Å²) in [7, 11) is 0. The van der Waals surface area contributed by atoms with Crippen LogP contribution in [0, 0.1) is 5.92 Å². The van der Waals surface area contributed by atoms with E-state index < -0.39 is 11.4 Å². The van der Waals surface area contributed by atoms with Crippen LogP contribution in [-0.4, -0.2) is 33.8 Å². The van der Waals surface area contributed by atoms with Crippen LogP contribution in [0.15, 0.2) is 27.9 Å². The molecule has 0 fully saturated rings. The van der Waals surface area contributed by atoms with Gasteiger partial charge >= 0.3 is 5.97 Å². The Hall–Kier alpha value is -1.73. The van der Waals surface area contributed by atoms with E-state index in [4.69, 9.17) is 4.74 Å². The SMILES string of the molecule is CCOC(=O)c1cn([C@H](CO)CC(C)C)c2cnc(Br)cc2c1=O. The van der Waals surface area contributed by atoms with Gasteiger partial charge in [0.2, 0.25) is 5.43 Å². The third-order valence-corrected chi connectivity index (χ3v) is 4.16. The summed E-state index contributed by atoms with van der Waals surface area (Å²) < 4.78 is 7.25. The number of pyridine rings is 2. The van der Waals surface area contributed by atoms with Gasteiger partial charge in [-0.05, 0) is 41.3 Å². The summed E-state index contributed by atoms with van der Waals surface area (Å²) in [5.74, 6) is -0.321. The molecule has 0 spiro atoms. The van der Waals surface area contributed by atoms with E-state index in [-0.39, 0.29) is 24.8 Å². The maximum Gasteiger partial charge on any atom is 0.343 e. The van der Waals surface area contributed by atoms with Gasteiger partial charge in [-0.3, -0.25) is 4.79 Å². The monoisotopic (exact) mass is 396 g/mol. The van der Waals surface area contributed by atoms with Crippen LogP contribution in [0.1, 0.15) is 43.6 Å². The van der Waals surface area contributed by atoms with Crippen molar-refractivity contribution < 1.29 is 14.6 Å². The number of carbonyl (C=O) groups excluding carboxylic acids is 1. The number of hydrogen-bond donors (Lipinski definition) is 1. The number of ether oxygens (including phenoxy) is 1. The summed E-state index contributed by atoms with van der Waals surface area (Å²) in [4.78, 5) is 29.0. The van der Waals surface area contributed by atoms with Crippen molar-refractivity contribution in [3.8, 4) is 0 Å². The molecule has 0 bridgehead atoms. The minimum absolute atomic E-state index is 0.0374. The quantitative estimate of drug-likeness (QED) is 0.599. The summed E-state index contributed by atoms with van der Waals surface area (Å²) in [6.07, 6.45) is 3.74. The second kappa shape index (κ2) is 7.90. The zero-order valence-electron chi connectivity index (χ0n) is 14.0. The maximum atomic E-state index is 12.7. The number of fused-ring (bicyclic) bond motifs is 1. The Morgan fingerprint density at radius 1 is 1.46 bits per heavy atom. The van der Waals surface area contributed by atoms with Gasteiger partial charge in [-0.1, -0.05) is 13.8 Å². The average Bonchev–Trinajstić information content (AvgIpc) is 2.53. The van der Waals surface area contributed by atoms with Crippen LogP contribution in [0.2, 0.25) is 0 Å². The molecule has 0 saturated heterocycles. The molecule has 0 radical (unpaired) electrons. The van der Waals surface area contributed by atoms with Gasteiger partial charge in [0.05, 0.1) is 36.4 Å². The van der Waals surface area contributed by atoms with Crippen molar-refractivity contribution in [3.63, 3.8) is 0 Å². The molecular formula is C17H21BrN2O4. The van der Waals surface area contributed by atoms with Crippen LogP contribution < -0.4 is 5.43 Å². The second-order valence-electron chi connectivity index (χ2n) is 5.99. The Morgan fingerprint density at radius 3 is 2.75 bits per heavy atom. The summed E-state index contributed by atoms with van der Waals surface area (Å²) in [6.45, 7) is 5.87. The number of esters is 1. The molecule has 2 rings (SSSR count). The number of halogens is 1. The molecule has 1 atom stereocenters. The lowest BCUT2D eigenvalue weighted by atomic mass is 10.0. The lowest BCUT2D eigenvalue weighted by Gasteiger charge is -2.23. The van der Waals surface area contributed by atoms with Crippen LogP contribution >= 0.6 is 15.9 Å². The number of hydrogen-bond acceptors (Lipinski definition) is 5. The molecule has 0 unspecified atom stereocenters. The van der Waals surface area contributed by atoms with E-state index >= 15 is 0 Å². The number of rotatable bonds is 6. The fourth-order valence-electron chi connectivity index (χ4n) is 2.70. The molecule has 6 nitrogen and oxygen atoms in total. The lowest BCUT2D eigenvalue weighted by Crippen LogP contribution is -2.24. The minimum Gasteiger partial charge on any atom is -0.462 e. The predicted molar refractivity (Wildman–Crippen MR) is 95.2 cm³/mol. The van der Waals surface area contributed by atoms with Crippen molar-refractivity contribution in [2.45, 2.75) is 33.2 Å². The summed E-state index contributed by atoms with van der Waals surface area (Å²) in [5.41, 5.74) is 0.143. The molecule has 0 aliphatic carbocycles. The van der Waals surface area contributed by atoms with Gasteiger partial charge in [-0.2, -0.15) is 0 Å². The topological polar surface area (TPSA) is 81.4 Å². The Bertz CT molecular complexity index is 801. The highest BCUT2D eigenvalue weighted by molar-refractivity contribution is 9.10. The van der Waals surface area contributed by atoms with Gasteiger partial charge in [0.15, 0.2) is 0 Å². The highest BCUT2D eigenvalue weighted by atomic mass is 79.9. The first kappa shape index (κ1) is 18.6. The molecule has 0 aromatic carbocycles. The van der Waals surface area contributed by atoms with Crippen molar-refractivity contribution in [2.24, 2.45) is 5.92 Å². The van der Waals surface area contributed by atoms with Crippen molar-refractivity contribution in [1.82, 2.24) is 9.55 Å². The molecule has 24 heavy (non-hydrogen) atoms. The summed E-state index contributed by atoms with van der Waals surface area (Å²) in [6, 6.07) is 1.32. The van der Waals surface area contributed by atoms with Crippen LogP contribution in [0.5, 0.6) is 0 Å². The first-order chi connectivity index (χ1) is 11.4. The highest BCUT2D eigenvalue weighted by Crippen LogP contribution is 2.23. The molecule has 0 saturated carbocycles. The Morgan fingerprint density at radius 2 is 2.17 bits per heavy atom. The van der Waals surface area contributed by atoms with Gasteiger partial charge in [0, 0.05) is 6.20 Å². The lowest BCUT2D eigenvalue weighted by molar-refractivity contribution is 0.0523. The number of aromatic nitrogens is 2. The number of aliphatic hydroxyl groups is 1. The average molecular weight is 397 g/mol. The van der Waals surface area contributed by atoms with Gasteiger partial charge in [-0.15, -0.1) is 0 Å². The number of nitrogens with zero attached hydrogens (tertiary/aromatic N) is 2. The van der Waals surface area contributed by atoms with Gasteiger partial charge in [0.25, 0.3) is 0 Å². The fourth-order valence-corrected chi connectivity index (χ4v) is 3.03. The van der Waals surface area contributed by atoms with Crippen molar-refractivity contribution in [1.29, 1.82) is 0 Å². The van der Waals surface area contributed by atoms with Gasteiger partial charge in [0.1, 0.15) is 10.2 Å². The van der Waals surface area contributed by atoms with E-state index in [0.717, 1.165) is 0 Å². The smallest absolute Gasteiger partial charge is 0.343 e. The van der Waals surface area contributed by atoms with Gasteiger partial charge < -0.3 is 14.4 Å². The molecule has 0 aliphatic rings. The van der Waals surface area contributed by atoms with Crippen molar-refractivity contribution in [2.75, 3.05) is 13.2 Å². The zero-order chi connectivity index (χ0) is 17.9. The molecule has 130 valence electrons. The first-order valence-corrected chi connectivity index (χ1v) is 8.66. The van der Waals surface area contributed by atoms with E-state index in [1.54, 1.807) is 23.8 Å². The summed E-state index contributed by atoms with van der Waals surface area (Å²) in [5, 5.41) is 10.2. The molecule has 2 aromatic rings. The zero-order valence-corrected chi connectivity index (χ0v) is 15.5. The molecular weight excluding hydrogens is 376 g/mol. The maximum absolute atomic E-state index is 12.7. The molecule has 2 heterocycles. The van der Waals surface area contributed by atoms with Crippen molar-refractivity contribution in [3.05, 3.63) is 38.9 Å². The Labute approximate surface area is 148 Å². The van der Waals surface area contributed by atoms with Crippen LogP contribution in [0.4, 0.5) is 0 Å². The number of aliphatic hydroxyl groups excluding tert-OH is 1. The standard InChI is InChI=1S/C17H21BrN2O4/c1-4-24-17(23)13-8-20(11(9-21)5-10(2)3)14-7-19-15(18)6-12(14)16(13)22/h6-8,10-11,21H,4-5,9H2,1-3H3/t11-/m0/s1. The van der Waals surface area contributed by atoms with E-state index in [1.165, 1.54) is 6.20 Å². The fraction of sp³-hybridized carbons (Fsp3) is 0.471. The molecule has 0 amide bonds. The molecule has 2 aromatic heterocycles. The largest absolute Gasteiger partial charge is 0.462 e. The minimum atomic E-state index is -0.660. The molecule has 7 heteroatoms. The van der Waals surface area contributed by atoms with E-state index in [0.29, 0.717) is 27.8 Å². The number of carbonyl (C=O) groups is 1. The Kier molecular flexibility index (Phi) is 6.12. The molecule has 0 aliphatic heterocycles. The van der Waals surface area contributed by atoms with E-state index in [2.05, 4.69) is 34.8 Å². The normalized spacial score (nSPS) is 12.6. The first-order valence-electron chi connectivity index (χ1n) is 7.87. The highest BCUT2D eigenvalue weighted by Gasteiger charge is 2.21. The van der Waals surface area contributed by atoms with Crippen molar-refractivity contribution >= 4 is 32.8 Å². The predicted octanol–water partition coefficient (Wildman–Crippen LogP) is 2.92. The second-order valence-corrected chi connectivity index (χ2v) is 6.80. The Balaban J connectivity index is 2.74. The van der Waals surface area contributed by atoms with Gasteiger partial charge in [-0.25, -0.2) is 9.78 Å². The van der Waals surface area contributed by atoms with Crippen LogP contribution in [-0.2, 0) is 4.74 Å². The van der Waals surface area contributed by atoms with E-state index in [1.807, 2.05) is 0 Å². The van der Waals surface area contributed by atoms with E-state index in [9.17, 15) is 14.7 Å². The molecule has 1 N–H and O–H groups in total. The summed E-state index contributed by atoms with van der Waals surface area (Å²) >= 11 is 3.25. The van der Waals surface area contributed by atoms with Crippen LogP contribution in [0.25, 0.3) is 10.9 Å². The third kappa shape index (κ3) is 3.84. The third-order valence-electron chi connectivity index (χ3n) is 3.73.